The number of aromatic nitrogens is 1. The molecule has 4 nitrogen and oxygen atoms in total. The lowest BCUT2D eigenvalue weighted by molar-refractivity contribution is 0.109. The molecule has 0 atom stereocenters. The van der Waals surface area contributed by atoms with Crippen molar-refractivity contribution in [1.29, 1.82) is 0 Å². The number of thiazole rings is 1. The SMILES string of the molecule is Cc1csc(-c2ccc(OCc3ccc(C=O)o3)cc2)n1. The summed E-state index contributed by atoms with van der Waals surface area (Å²) < 4.78 is 10.9. The fourth-order valence-electron chi connectivity index (χ4n) is 1.87. The molecular formula is C16H13NO3S. The molecule has 0 saturated carbocycles. The Hall–Kier alpha value is -2.40. The van der Waals surface area contributed by atoms with Crippen molar-refractivity contribution in [2.24, 2.45) is 0 Å². The maximum absolute atomic E-state index is 10.5. The molecule has 0 bridgehead atoms. The average Bonchev–Trinajstić information content (AvgIpc) is 3.14. The quantitative estimate of drug-likeness (QED) is 0.665. The molecule has 0 unspecified atom stereocenters. The van der Waals surface area contributed by atoms with Gasteiger partial charge < -0.3 is 9.15 Å². The standard InChI is InChI=1S/C16H13NO3S/c1-11-10-21-16(17-11)12-2-4-13(5-3-12)19-9-15-7-6-14(8-18)20-15/h2-8,10H,9H2,1H3. The minimum absolute atomic E-state index is 0.295. The van der Waals surface area contributed by atoms with Crippen LogP contribution in [0.5, 0.6) is 5.75 Å². The second kappa shape index (κ2) is 5.93. The van der Waals surface area contributed by atoms with E-state index in [1.807, 2.05) is 36.6 Å². The van der Waals surface area contributed by atoms with Crippen molar-refractivity contribution in [3.8, 4) is 16.3 Å². The van der Waals surface area contributed by atoms with Crippen LogP contribution in [0.3, 0.4) is 0 Å². The fraction of sp³-hybridized carbons (Fsp3) is 0.125. The molecule has 0 aliphatic heterocycles. The lowest BCUT2D eigenvalue weighted by Crippen LogP contribution is -1.93. The van der Waals surface area contributed by atoms with Crippen molar-refractivity contribution in [2.45, 2.75) is 13.5 Å². The Morgan fingerprint density at radius 2 is 2.05 bits per heavy atom. The van der Waals surface area contributed by atoms with Gasteiger partial charge in [-0.2, -0.15) is 0 Å². The van der Waals surface area contributed by atoms with Gasteiger partial charge in [-0.1, -0.05) is 0 Å². The molecule has 3 aromatic rings. The molecule has 2 heterocycles. The minimum Gasteiger partial charge on any atom is -0.486 e. The van der Waals surface area contributed by atoms with Crippen molar-refractivity contribution in [2.75, 3.05) is 0 Å². The maximum Gasteiger partial charge on any atom is 0.185 e. The Morgan fingerprint density at radius 3 is 2.67 bits per heavy atom. The van der Waals surface area contributed by atoms with Crippen molar-refractivity contribution < 1.29 is 13.9 Å². The summed E-state index contributed by atoms with van der Waals surface area (Å²) in [5.74, 6) is 1.68. The number of benzene rings is 1. The summed E-state index contributed by atoms with van der Waals surface area (Å²) in [5.41, 5.74) is 2.10. The molecule has 21 heavy (non-hydrogen) atoms. The van der Waals surface area contributed by atoms with Crippen LogP contribution in [0.2, 0.25) is 0 Å². The van der Waals surface area contributed by atoms with Crippen LogP contribution in [0.4, 0.5) is 0 Å². The third-order valence-corrected chi connectivity index (χ3v) is 3.91. The molecule has 0 aliphatic carbocycles. The fourth-order valence-corrected chi connectivity index (χ4v) is 2.67. The zero-order valence-corrected chi connectivity index (χ0v) is 12.2. The molecule has 3 rings (SSSR count). The molecular weight excluding hydrogens is 286 g/mol. The molecule has 1 aromatic carbocycles. The third kappa shape index (κ3) is 3.20. The highest BCUT2D eigenvalue weighted by molar-refractivity contribution is 7.13. The zero-order chi connectivity index (χ0) is 14.7. The number of hydrogen-bond acceptors (Lipinski definition) is 5. The average molecular weight is 299 g/mol. The van der Waals surface area contributed by atoms with Crippen molar-refractivity contribution in [3.63, 3.8) is 0 Å². The molecule has 0 amide bonds. The number of ether oxygens (including phenoxy) is 1. The second-order valence-corrected chi connectivity index (χ2v) is 5.39. The molecule has 0 N–H and O–H groups in total. The molecule has 0 radical (unpaired) electrons. The summed E-state index contributed by atoms with van der Waals surface area (Å²) >= 11 is 1.62. The van der Waals surface area contributed by atoms with Gasteiger partial charge in [0.2, 0.25) is 0 Å². The van der Waals surface area contributed by atoms with E-state index in [9.17, 15) is 4.79 Å². The van der Waals surface area contributed by atoms with E-state index in [1.165, 1.54) is 0 Å². The number of nitrogens with zero attached hydrogens (tertiary/aromatic N) is 1. The highest BCUT2D eigenvalue weighted by Gasteiger charge is 2.04. The van der Waals surface area contributed by atoms with Crippen LogP contribution in [0.25, 0.3) is 10.6 Å². The Bertz CT molecular complexity index is 743. The van der Waals surface area contributed by atoms with E-state index in [4.69, 9.17) is 9.15 Å². The number of furan rings is 1. The van der Waals surface area contributed by atoms with Crippen molar-refractivity contribution in [1.82, 2.24) is 4.98 Å². The van der Waals surface area contributed by atoms with Crippen molar-refractivity contribution in [3.05, 3.63) is 59.0 Å². The Kier molecular flexibility index (Phi) is 3.83. The maximum atomic E-state index is 10.5. The first kappa shape index (κ1) is 13.6. The topological polar surface area (TPSA) is 52.3 Å². The van der Waals surface area contributed by atoms with E-state index in [2.05, 4.69) is 4.98 Å². The normalized spacial score (nSPS) is 10.5. The number of aldehydes is 1. The highest BCUT2D eigenvalue weighted by atomic mass is 32.1. The monoisotopic (exact) mass is 299 g/mol. The molecule has 2 aromatic heterocycles. The lowest BCUT2D eigenvalue weighted by atomic mass is 10.2. The smallest absolute Gasteiger partial charge is 0.185 e. The van der Waals surface area contributed by atoms with Gasteiger partial charge in [-0.15, -0.1) is 11.3 Å². The third-order valence-electron chi connectivity index (χ3n) is 2.90. The number of carbonyl (C=O) groups is 1. The van der Waals surface area contributed by atoms with Gasteiger partial charge in [0.05, 0.1) is 0 Å². The lowest BCUT2D eigenvalue weighted by Gasteiger charge is -2.04. The number of aryl methyl sites for hydroxylation is 1. The summed E-state index contributed by atoms with van der Waals surface area (Å²) in [6.07, 6.45) is 0.675. The van der Waals surface area contributed by atoms with Crippen LogP contribution in [0.1, 0.15) is 22.0 Å². The number of hydrogen-bond donors (Lipinski definition) is 0. The van der Waals surface area contributed by atoms with Crippen LogP contribution in [0, 0.1) is 6.92 Å². The van der Waals surface area contributed by atoms with Crippen LogP contribution >= 0.6 is 11.3 Å². The molecule has 0 saturated heterocycles. The first-order chi connectivity index (χ1) is 10.2. The van der Waals surface area contributed by atoms with Crippen LogP contribution in [0.15, 0.2) is 46.2 Å². The first-order valence-corrected chi connectivity index (χ1v) is 7.32. The summed E-state index contributed by atoms with van der Waals surface area (Å²) in [6.45, 7) is 2.28. The summed E-state index contributed by atoms with van der Waals surface area (Å²) in [6, 6.07) is 11.1. The van der Waals surface area contributed by atoms with E-state index in [0.717, 1.165) is 22.0 Å². The minimum atomic E-state index is 0.295. The largest absolute Gasteiger partial charge is 0.486 e. The van der Waals surface area contributed by atoms with Gasteiger partial charge >= 0.3 is 0 Å². The molecule has 0 fully saturated rings. The number of rotatable bonds is 5. The van der Waals surface area contributed by atoms with Crippen molar-refractivity contribution >= 4 is 17.6 Å². The van der Waals surface area contributed by atoms with Crippen LogP contribution < -0.4 is 4.74 Å². The summed E-state index contributed by atoms with van der Waals surface area (Å²) in [4.78, 5) is 15.0. The van der Waals surface area contributed by atoms with E-state index in [-0.39, 0.29) is 0 Å². The zero-order valence-electron chi connectivity index (χ0n) is 11.4. The van der Waals surface area contributed by atoms with Crippen LogP contribution in [-0.4, -0.2) is 11.3 Å². The summed E-state index contributed by atoms with van der Waals surface area (Å²) in [5, 5.41) is 3.03. The van der Waals surface area contributed by atoms with Gasteiger partial charge in [0.15, 0.2) is 12.0 Å². The number of carbonyl (C=O) groups excluding carboxylic acids is 1. The van der Waals surface area contributed by atoms with E-state index in [0.29, 0.717) is 24.4 Å². The molecule has 0 aliphatic rings. The highest BCUT2D eigenvalue weighted by Crippen LogP contribution is 2.25. The Balaban J connectivity index is 1.65. The van der Waals surface area contributed by atoms with Gasteiger partial charge in [0.1, 0.15) is 23.1 Å². The van der Waals surface area contributed by atoms with Gasteiger partial charge in [-0.3, -0.25) is 4.79 Å². The van der Waals surface area contributed by atoms with Crippen LogP contribution in [-0.2, 0) is 6.61 Å². The molecule has 0 spiro atoms. The molecule has 106 valence electrons. The van der Waals surface area contributed by atoms with Gasteiger partial charge in [0.25, 0.3) is 0 Å². The van der Waals surface area contributed by atoms with Gasteiger partial charge in [-0.25, -0.2) is 4.98 Å². The summed E-state index contributed by atoms with van der Waals surface area (Å²) in [7, 11) is 0. The predicted octanol–water partition coefficient (Wildman–Crippen LogP) is 4.10. The van der Waals surface area contributed by atoms with E-state index in [1.54, 1.807) is 23.5 Å². The van der Waals surface area contributed by atoms with Gasteiger partial charge in [-0.05, 0) is 43.3 Å². The predicted molar refractivity (Wildman–Crippen MR) is 80.7 cm³/mol. The molecule has 5 heteroatoms. The van der Waals surface area contributed by atoms with E-state index < -0.39 is 0 Å². The van der Waals surface area contributed by atoms with E-state index >= 15 is 0 Å². The first-order valence-electron chi connectivity index (χ1n) is 6.44. The Morgan fingerprint density at radius 1 is 1.24 bits per heavy atom. The van der Waals surface area contributed by atoms with Gasteiger partial charge in [0, 0.05) is 16.6 Å². The second-order valence-electron chi connectivity index (χ2n) is 4.53. The Labute approximate surface area is 126 Å².